The van der Waals surface area contributed by atoms with E-state index in [1.807, 2.05) is 0 Å². The summed E-state index contributed by atoms with van der Waals surface area (Å²) in [7, 11) is 0. The predicted molar refractivity (Wildman–Crippen MR) is 92.8 cm³/mol. The third-order valence-electron chi connectivity index (χ3n) is 2.58. The van der Waals surface area contributed by atoms with E-state index >= 15 is 0 Å². The molecule has 0 saturated carbocycles. The monoisotopic (exact) mass is 350 g/mol. The Hall–Kier alpha value is 0.180. The van der Waals surface area contributed by atoms with E-state index < -0.39 is 0 Å². The number of unbranched alkanes of at least 4 members (excludes halogenated alkanes) is 2. The molecular weight excluding hydrogens is 324 g/mol. The Bertz CT molecular complexity index is 320. The van der Waals surface area contributed by atoms with Crippen molar-refractivity contribution in [3.63, 3.8) is 0 Å². The third kappa shape index (κ3) is 10.5. The molecule has 0 unspecified atom stereocenters. The number of ether oxygens (including phenoxy) is 2. The van der Waals surface area contributed by atoms with E-state index in [4.69, 9.17) is 9.47 Å². The van der Waals surface area contributed by atoms with Gasteiger partial charge in [-0.05, 0) is 12.8 Å². The van der Waals surface area contributed by atoms with Crippen LogP contribution in [0.15, 0.2) is 8.68 Å². The molecule has 0 fully saturated rings. The quantitative estimate of drug-likeness (QED) is 0.367. The minimum absolute atomic E-state index is 0.790. The zero-order chi connectivity index (χ0) is 15.2. The van der Waals surface area contributed by atoms with Gasteiger partial charge in [0, 0.05) is 24.7 Å². The minimum Gasteiger partial charge on any atom is -0.381 e. The molecule has 0 saturated heterocycles. The first kappa shape index (κ1) is 19.2. The van der Waals surface area contributed by atoms with Crippen LogP contribution in [0.5, 0.6) is 0 Å². The summed E-state index contributed by atoms with van der Waals surface area (Å²) in [4.78, 5) is 0. The molecule has 0 aliphatic carbocycles. The van der Waals surface area contributed by atoms with Crippen molar-refractivity contribution in [2.75, 3.05) is 37.9 Å². The summed E-state index contributed by atoms with van der Waals surface area (Å²) in [5.74, 6) is 1.90. The Morgan fingerprint density at radius 2 is 1.29 bits per heavy atom. The number of thioether (sulfide) groups is 2. The van der Waals surface area contributed by atoms with E-state index in [1.165, 1.54) is 12.8 Å². The molecular formula is C14H26N2O2S3. The number of hydrogen-bond donors (Lipinski definition) is 0. The molecule has 21 heavy (non-hydrogen) atoms. The normalized spacial score (nSPS) is 11.1. The number of hydrogen-bond acceptors (Lipinski definition) is 7. The second kappa shape index (κ2) is 13.8. The van der Waals surface area contributed by atoms with E-state index in [9.17, 15) is 0 Å². The van der Waals surface area contributed by atoms with Gasteiger partial charge in [-0.2, -0.15) is 0 Å². The van der Waals surface area contributed by atoms with E-state index in [1.54, 1.807) is 34.9 Å². The smallest absolute Gasteiger partial charge is 0.175 e. The predicted octanol–water partition coefficient (Wildman–Crippen LogP) is 4.36. The summed E-state index contributed by atoms with van der Waals surface area (Å²) in [5, 5.41) is 8.39. The van der Waals surface area contributed by atoms with Crippen LogP contribution in [-0.4, -0.2) is 48.1 Å². The van der Waals surface area contributed by atoms with Crippen molar-refractivity contribution in [3.8, 4) is 0 Å². The van der Waals surface area contributed by atoms with Crippen LogP contribution in [0, 0.1) is 0 Å². The maximum Gasteiger partial charge on any atom is 0.175 e. The average Bonchev–Trinajstić information content (AvgIpc) is 2.94. The Kier molecular flexibility index (Phi) is 12.6. The van der Waals surface area contributed by atoms with Crippen LogP contribution >= 0.6 is 34.9 Å². The Morgan fingerprint density at radius 1 is 0.810 bits per heavy atom. The van der Waals surface area contributed by atoms with Crippen molar-refractivity contribution >= 4 is 34.9 Å². The molecule has 122 valence electrons. The van der Waals surface area contributed by atoms with Gasteiger partial charge in [0.25, 0.3) is 0 Å². The molecule has 0 spiro atoms. The lowest BCUT2D eigenvalue weighted by Crippen LogP contribution is -1.98. The van der Waals surface area contributed by atoms with E-state index in [-0.39, 0.29) is 0 Å². The van der Waals surface area contributed by atoms with Crippen LogP contribution in [0.2, 0.25) is 0 Å². The van der Waals surface area contributed by atoms with Gasteiger partial charge < -0.3 is 9.47 Å². The fourth-order valence-corrected chi connectivity index (χ4v) is 4.25. The first-order valence-electron chi connectivity index (χ1n) is 7.61. The van der Waals surface area contributed by atoms with Gasteiger partial charge >= 0.3 is 0 Å². The fraction of sp³-hybridized carbons (Fsp3) is 0.857. The Balaban J connectivity index is 2.01. The Labute approximate surface area is 140 Å². The van der Waals surface area contributed by atoms with Crippen LogP contribution < -0.4 is 0 Å². The lowest BCUT2D eigenvalue weighted by Gasteiger charge is -2.01. The second-order valence-corrected chi connectivity index (χ2v) is 8.12. The highest BCUT2D eigenvalue weighted by Crippen LogP contribution is 2.28. The van der Waals surface area contributed by atoms with Crippen molar-refractivity contribution in [2.45, 2.75) is 48.2 Å². The zero-order valence-electron chi connectivity index (χ0n) is 13.0. The topological polar surface area (TPSA) is 44.2 Å². The molecule has 0 amide bonds. The maximum atomic E-state index is 5.53. The van der Waals surface area contributed by atoms with Gasteiger partial charge in [-0.1, -0.05) is 61.5 Å². The van der Waals surface area contributed by atoms with Crippen molar-refractivity contribution < 1.29 is 9.47 Å². The molecule has 1 aromatic heterocycles. The molecule has 0 N–H and O–H groups in total. The maximum absolute atomic E-state index is 5.53. The van der Waals surface area contributed by atoms with Gasteiger partial charge in [-0.15, -0.1) is 10.2 Å². The highest BCUT2D eigenvalue weighted by atomic mass is 32.2. The fourth-order valence-electron chi connectivity index (χ4n) is 1.39. The molecule has 4 nitrogen and oxygen atoms in total. The van der Waals surface area contributed by atoms with Crippen LogP contribution in [0.25, 0.3) is 0 Å². The number of nitrogens with zero attached hydrogens (tertiary/aromatic N) is 2. The van der Waals surface area contributed by atoms with Crippen LogP contribution in [0.1, 0.15) is 39.5 Å². The van der Waals surface area contributed by atoms with Crippen molar-refractivity contribution in [1.82, 2.24) is 10.2 Å². The van der Waals surface area contributed by atoms with Crippen LogP contribution in [-0.2, 0) is 9.47 Å². The molecule has 1 aromatic rings. The molecule has 1 rings (SSSR count). The van der Waals surface area contributed by atoms with Gasteiger partial charge in [0.05, 0.1) is 13.2 Å². The molecule has 0 aliphatic heterocycles. The lowest BCUT2D eigenvalue weighted by molar-refractivity contribution is 0.147. The summed E-state index contributed by atoms with van der Waals surface area (Å²) < 4.78 is 13.1. The third-order valence-corrected chi connectivity index (χ3v) is 5.70. The summed E-state index contributed by atoms with van der Waals surface area (Å²) in [6.45, 7) is 7.66. The average molecular weight is 351 g/mol. The van der Waals surface area contributed by atoms with E-state index in [0.717, 1.165) is 59.5 Å². The first-order valence-corrected chi connectivity index (χ1v) is 10.4. The number of rotatable bonds is 14. The SMILES string of the molecule is CCCCOCCSc1nnc(SCCOCCCC)s1. The van der Waals surface area contributed by atoms with E-state index in [2.05, 4.69) is 24.0 Å². The summed E-state index contributed by atoms with van der Waals surface area (Å²) in [6, 6.07) is 0. The van der Waals surface area contributed by atoms with Gasteiger partial charge in [-0.25, -0.2) is 0 Å². The van der Waals surface area contributed by atoms with Gasteiger partial charge in [-0.3, -0.25) is 0 Å². The van der Waals surface area contributed by atoms with E-state index in [0.29, 0.717) is 0 Å². The minimum atomic E-state index is 0.790. The van der Waals surface area contributed by atoms with Gasteiger partial charge in [0.1, 0.15) is 0 Å². The molecule has 0 aromatic carbocycles. The summed E-state index contributed by atoms with van der Waals surface area (Å²) in [6.07, 6.45) is 4.66. The summed E-state index contributed by atoms with van der Waals surface area (Å²) in [5.41, 5.74) is 0. The van der Waals surface area contributed by atoms with Crippen molar-refractivity contribution in [1.29, 1.82) is 0 Å². The largest absolute Gasteiger partial charge is 0.381 e. The van der Waals surface area contributed by atoms with Crippen LogP contribution in [0.3, 0.4) is 0 Å². The second-order valence-electron chi connectivity index (χ2n) is 4.46. The summed E-state index contributed by atoms with van der Waals surface area (Å²) >= 11 is 5.11. The van der Waals surface area contributed by atoms with Crippen molar-refractivity contribution in [2.24, 2.45) is 0 Å². The highest BCUT2D eigenvalue weighted by molar-refractivity contribution is 8.03. The standard InChI is InChI=1S/C14H26N2O2S3/c1-3-5-7-17-9-11-19-13-15-16-14(21-13)20-12-10-18-8-6-4-2/h3-12H2,1-2H3. The molecule has 0 radical (unpaired) electrons. The Morgan fingerprint density at radius 3 is 1.71 bits per heavy atom. The van der Waals surface area contributed by atoms with Crippen molar-refractivity contribution in [3.05, 3.63) is 0 Å². The van der Waals surface area contributed by atoms with Gasteiger partial charge in [0.2, 0.25) is 0 Å². The molecule has 0 bridgehead atoms. The lowest BCUT2D eigenvalue weighted by atomic mass is 10.4. The molecule has 1 heterocycles. The zero-order valence-corrected chi connectivity index (χ0v) is 15.5. The van der Waals surface area contributed by atoms with Crippen LogP contribution in [0.4, 0.5) is 0 Å². The highest BCUT2D eigenvalue weighted by Gasteiger charge is 2.05. The number of aromatic nitrogens is 2. The molecule has 0 aliphatic rings. The molecule has 7 heteroatoms. The van der Waals surface area contributed by atoms with Gasteiger partial charge in [0.15, 0.2) is 8.68 Å². The first-order chi connectivity index (χ1) is 10.4. The molecule has 0 atom stereocenters.